The van der Waals surface area contributed by atoms with Crippen LogP contribution in [0, 0.1) is 0 Å². The fraction of sp³-hybridized carbons (Fsp3) is 0. The molecule has 0 aliphatic heterocycles. The molecule has 0 atom stereocenters. The highest BCUT2D eigenvalue weighted by Crippen LogP contribution is 2.38. The highest BCUT2D eigenvalue weighted by Gasteiger charge is 2.19. The minimum absolute atomic E-state index is 0.141. The third-order valence-corrected chi connectivity index (χ3v) is 4.37. The van der Waals surface area contributed by atoms with Gasteiger partial charge in [-0.1, -0.05) is 5.11 Å². The summed E-state index contributed by atoms with van der Waals surface area (Å²) in [5, 5.41) is 12.7. The summed E-state index contributed by atoms with van der Waals surface area (Å²) in [7, 11) is -9.34. The number of phenols is 1. The number of hydrogen-bond donors (Lipinski definition) is 3. The van der Waals surface area contributed by atoms with Crippen molar-refractivity contribution in [2.75, 3.05) is 0 Å². The zero-order valence-corrected chi connectivity index (χ0v) is 12.1. The largest absolute Gasteiger partial charge is 0.507 e. The summed E-state index contributed by atoms with van der Waals surface area (Å²) >= 11 is 0. The maximum absolute atomic E-state index is 11.2. The first-order valence-electron chi connectivity index (χ1n) is 5.35. The SMILES string of the molecule is [N-]=[N+]=Nc1cc(S(=O)(=O)O)cc2cc(S(=O)(=O)O)cc(O)c12. The van der Waals surface area contributed by atoms with Crippen LogP contribution in [0.5, 0.6) is 5.75 Å². The molecule has 0 aliphatic carbocycles. The molecule has 0 amide bonds. The third kappa shape index (κ3) is 2.95. The van der Waals surface area contributed by atoms with Gasteiger partial charge in [-0.05, 0) is 29.1 Å². The van der Waals surface area contributed by atoms with E-state index in [-0.39, 0.29) is 16.5 Å². The lowest BCUT2D eigenvalue weighted by atomic mass is 10.1. The number of aromatic hydroxyl groups is 1. The van der Waals surface area contributed by atoms with Crippen molar-refractivity contribution in [3.05, 3.63) is 34.7 Å². The molecular formula is C10H7N3O7S2. The predicted octanol–water partition coefficient (Wildman–Crippen LogP) is 1.98. The number of phenolic OH excluding ortho intramolecular Hbond substituents is 1. The molecule has 0 aliphatic rings. The standard InChI is InChI=1S/C10H7N3O7S2/c11-13-12-8-3-6(21(15,16)17)1-5-2-7(22(18,19)20)4-9(14)10(5)8/h1-4,14H,(H,15,16,17)(H,18,19,20). The molecule has 2 rings (SSSR count). The highest BCUT2D eigenvalue weighted by atomic mass is 32.2. The van der Waals surface area contributed by atoms with Crippen molar-refractivity contribution >= 4 is 36.7 Å². The Kier molecular flexibility index (Phi) is 3.73. The Hall–Kier alpha value is -2.37. The summed E-state index contributed by atoms with van der Waals surface area (Å²) in [6.07, 6.45) is 0. The van der Waals surface area contributed by atoms with E-state index in [9.17, 15) is 21.9 Å². The Bertz CT molecular complexity index is 1030. The van der Waals surface area contributed by atoms with Crippen molar-refractivity contribution in [3.8, 4) is 5.75 Å². The second-order valence-electron chi connectivity index (χ2n) is 4.12. The average molecular weight is 345 g/mol. The minimum Gasteiger partial charge on any atom is -0.507 e. The van der Waals surface area contributed by atoms with E-state index in [1.807, 2.05) is 0 Å². The molecule has 0 bridgehead atoms. The lowest BCUT2D eigenvalue weighted by Crippen LogP contribution is -2.00. The van der Waals surface area contributed by atoms with Crippen LogP contribution in [0.15, 0.2) is 39.2 Å². The third-order valence-electron chi connectivity index (χ3n) is 2.70. The summed E-state index contributed by atoms with van der Waals surface area (Å²) < 4.78 is 62.6. The molecule has 116 valence electrons. The molecular weight excluding hydrogens is 338 g/mol. The van der Waals surface area contributed by atoms with Gasteiger partial charge in [0.15, 0.2) is 0 Å². The van der Waals surface area contributed by atoms with Crippen LogP contribution >= 0.6 is 0 Å². The number of fused-ring (bicyclic) bond motifs is 1. The van der Waals surface area contributed by atoms with E-state index in [2.05, 4.69) is 10.0 Å². The Balaban J connectivity index is 3.03. The van der Waals surface area contributed by atoms with Gasteiger partial charge >= 0.3 is 0 Å². The zero-order chi connectivity index (χ0) is 16.7. The van der Waals surface area contributed by atoms with Crippen molar-refractivity contribution in [2.45, 2.75) is 9.79 Å². The number of nitrogens with zero attached hydrogens (tertiary/aromatic N) is 3. The highest BCUT2D eigenvalue weighted by molar-refractivity contribution is 7.86. The zero-order valence-electron chi connectivity index (χ0n) is 10.4. The van der Waals surface area contributed by atoms with E-state index < -0.39 is 35.8 Å². The number of benzene rings is 2. The second kappa shape index (κ2) is 5.12. The summed E-state index contributed by atoms with van der Waals surface area (Å²) in [6.45, 7) is 0. The van der Waals surface area contributed by atoms with Crippen LogP contribution in [-0.4, -0.2) is 31.0 Å². The summed E-state index contributed by atoms with van der Waals surface area (Å²) in [6, 6.07) is 3.23. The molecule has 2 aromatic rings. The van der Waals surface area contributed by atoms with Gasteiger partial charge in [-0.3, -0.25) is 9.11 Å². The van der Waals surface area contributed by atoms with Gasteiger partial charge < -0.3 is 5.11 Å². The molecule has 22 heavy (non-hydrogen) atoms. The van der Waals surface area contributed by atoms with Crippen molar-refractivity contribution in [3.63, 3.8) is 0 Å². The first-order valence-corrected chi connectivity index (χ1v) is 8.23. The fourth-order valence-electron chi connectivity index (χ4n) is 1.84. The lowest BCUT2D eigenvalue weighted by molar-refractivity contribution is 0.471. The van der Waals surface area contributed by atoms with E-state index >= 15 is 0 Å². The molecule has 0 aromatic heterocycles. The molecule has 0 unspecified atom stereocenters. The van der Waals surface area contributed by atoms with Gasteiger partial charge in [-0.25, -0.2) is 0 Å². The van der Waals surface area contributed by atoms with Crippen LogP contribution < -0.4 is 0 Å². The fourth-order valence-corrected chi connectivity index (χ4v) is 2.91. The average Bonchev–Trinajstić information content (AvgIpc) is 2.36. The first-order chi connectivity index (χ1) is 10.0. The van der Waals surface area contributed by atoms with Gasteiger partial charge in [0, 0.05) is 16.4 Å². The Morgan fingerprint density at radius 3 is 1.91 bits per heavy atom. The van der Waals surface area contributed by atoms with Gasteiger partial charge in [-0.2, -0.15) is 16.8 Å². The Morgan fingerprint density at radius 2 is 1.45 bits per heavy atom. The Labute approximate surface area is 123 Å². The molecule has 2 aromatic carbocycles. The van der Waals surface area contributed by atoms with E-state index in [4.69, 9.17) is 14.6 Å². The van der Waals surface area contributed by atoms with Crippen LogP contribution in [0.2, 0.25) is 0 Å². The van der Waals surface area contributed by atoms with Crippen molar-refractivity contribution < 1.29 is 31.0 Å². The van der Waals surface area contributed by atoms with Gasteiger partial charge in [0.2, 0.25) is 0 Å². The van der Waals surface area contributed by atoms with Gasteiger partial charge in [0.1, 0.15) is 5.75 Å². The first kappa shape index (κ1) is 16.0. The van der Waals surface area contributed by atoms with Crippen molar-refractivity contribution in [1.82, 2.24) is 0 Å². The predicted molar refractivity (Wildman–Crippen MR) is 74.0 cm³/mol. The van der Waals surface area contributed by atoms with Crippen LogP contribution in [0.1, 0.15) is 0 Å². The number of rotatable bonds is 3. The summed E-state index contributed by atoms with van der Waals surface area (Å²) in [5.74, 6) is -0.658. The van der Waals surface area contributed by atoms with E-state index in [0.29, 0.717) is 6.07 Å². The summed E-state index contributed by atoms with van der Waals surface area (Å²) in [4.78, 5) is 1.09. The van der Waals surface area contributed by atoms with E-state index in [0.717, 1.165) is 18.2 Å². The minimum atomic E-state index is -4.67. The van der Waals surface area contributed by atoms with Crippen molar-refractivity contribution in [2.24, 2.45) is 5.11 Å². The lowest BCUT2D eigenvalue weighted by Gasteiger charge is -2.08. The smallest absolute Gasteiger partial charge is 0.294 e. The maximum atomic E-state index is 11.2. The molecule has 0 radical (unpaired) electrons. The van der Waals surface area contributed by atoms with Crippen LogP contribution in [0.3, 0.4) is 0 Å². The van der Waals surface area contributed by atoms with E-state index in [1.165, 1.54) is 0 Å². The molecule has 3 N–H and O–H groups in total. The molecule has 12 heteroatoms. The van der Waals surface area contributed by atoms with E-state index in [1.54, 1.807) is 0 Å². The van der Waals surface area contributed by atoms with Gasteiger partial charge in [-0.15, -0.1) is 0 Å². The molecule has 0 fully saturated rings. The number of azide groups is 1. The monoisotopic (exact) mass is 345 g/mol. The molecule has 0 saturated heterocycles. The summed E-state index contributed by atoms with van der Waals surface area (Å²) in [5.41, 5.74) is 8.14. The van der Waals surface area contributed by atoms with Crippen LogP contribution in [-0.2, 0) is 20.2 Å². The van der Waals surface area contributed by atoms with Crippen LogP contribution in [0.25, 0.3) is 21.2 Å². The molecule has 0 spiro atoms. The quantitative estimate of drug-likeness (QED) is 0.329. The van der Waals surface area contributed by atoms with Gasteiger partial charge in [0.25, 0.3) is 20.2 Å². The maximum Gasteiger partial charge on any atom is 0.294 e. The van der Waals surface area contributed by atoms with Gasteiger partial charge in [0.05, 0.1) is 15.5 Å². The second-order valence-corrected chi connectivity index (χ2v) is 6.97. The molecule has 0 saturated carbocycles. The van der Waals surface area contributed by atoms with Crippen LogP contribution in [0.4, 0.5) is 5.69 Å². The number of hydrogen-bond acceptors (Lipinski definition) is 6. The normalized spacial score (nSPS) is 12.1. The molecule has 10 nitrogen and oxygen atoms in total. The van der Waals surface area contributed by atoms with Crippen molar-refractivity contribution in [1.29, 1.82) is 0 Å². The molecule has 0 heterocycles. The topological polar surface area (TPSA) is 178 Å². The Morgan fingerprint density at radius 1 is 0.955 bits per heavy atom.